The monoisotopic (exact) mass is 422 g/mol. The van der Waals surface area contributed by atoms with Crippen molar-refractivity contribution in [2.75, 3.05) is 6.61 Å². The first-order valence-corrected chi connectivity index (χ1v) is 8.89. The molecule has 3 aromatic rings. The summed E-state index contributed by atoms with van der Waals surface area (Å²) in [6.07, 6.45) is 1.38. The second kappa shape index (κ2) is 8.48. The maximum Gasteiger partial charge on any atom is 0.277 e. The number of phenols is 1. The highest BCUT2D eigenvalue weighted by Crippen LogP contribution is 2.33. The molecule has 27 heavy (non-hydrogen) atoms. The molecule has 8 heteroatoms. The van der Waals surface area contributed by atoms with E-state index in [-0.39, 0.29) is 33.2 Å². The number of halogens is 3. The van der Waals surface area contributed by atoms with Crippen LogP contribution in [0.15, 0.2) is 53.6 Å². The van der Waals surface area contributed by atoms with Crippen LogP contribution in [0.2, 0.25) is 15.1 Å². The Labute approximate surface area is 170 Å². The van der Waals surface area contributed by atoms with Gasteiger partial charge in [-0.25, -0.2) is 5.43 Å². The highest BCUT2D eigenvalue weighted by atomic mass is 35.5. The summed E-state index contributed by atoms with van der Waals surface area (Å²) < 4.78 is 5.32. The standard InChI is InChI=1S/C19H13Cl3N2O3/c20-14-7-16(22)18(8-15(14)21)27-10-19(26)24-23-9-13-12-4-2-1-3-11(12)5-6-17(13)25/h1-9,25H,10H2,(H,24,26)/b23-9-. The molecule has 138 valence electrons. The summed E-state index contributed by atoms with van der Waals surface area (Å²) in [5.41, 5.74) is 2.83. The molecule has 0 spiro atoms. The summed E-state index contributed by atoms with van der Waals surface area (Å²) in [5.74, 6) is -0.212. The zero-order chi connectivity index (χ0) is 19.4. The maximum absolute atomic E-state index is 11.9. The van der Waals surface area contributed by atoms with Crippen molar-refractivity contribution in [2.45, 2.75) is 0 Å². The van der Waals surface area contributed by atoms with Crippen LogP contribution in [0, 0.1) is 0 Å². The highest BCUT2D eigenvalue weighted by Gasteiger charge is 2.09. The Hall–Kier alpha value is -2.47. The van der Waals surface area contributed by atoms with Gasteiger partial charge < -0.3 is 9.84 Å². The second-order valence-corrected chi connectivity index (χ2v) is 6.72. The van der Waals surface area contributed by atoms with Crippen molar-refractivity contribution >= 4 is 57.7 Å². The first kappa shape index (κ1) is 19.3. The number of hydrogen-bond acceptors (Lipinski definition) is 4. The zero-order valence-electron chi connectivity index (χ0n) is 13.7. The molecule has 0 saturated carbocycles. The highest BCUT2D eigenvalue weighted by molar-refractivity contribution is 6.43. The Bertz CT molecular complexity index is 1040. The summed E-state index contributed by atoms with van der Waals surface area (Å²) in [6.45, 7) is -0.323. The first-order valence-electron chi connectivity index (χ1n) is 7.75. The van der Waals surface area contributed by atoms with Gasteiger partial charge in [-0.1, -0.05) is 65.1 Å². The van der Waals surface area contributed by atoms with E-state index in [0.29, 0.717) is 5.56 Å². The van der Waals surface area contributed by atoms with E-state index in [0.717, 1.165) is 10.8 Å². The van der Waals surface area contributed by atoms with Crippen molar-refractivity contribution in [3.8, 4) is 11.5 Å². The molecule has 0 aliphatic rings. The Morgan fingerprint density at radius 2 is 1.81 bits per heavy atom. The lowest BCUT2D eigenvalue weighted by molar-refractivity contribution is -0.123. The summed E-state index contributed by atoms with van der Waals surface area (Å²) in [5, 5.41) is 16.5. The molecule has 0 fully saturated rings. The van der Waals surface area contributed by atoms with Gasteiger partial charge in [0.1, 0.15) is 11.5 Å². The third kappa shape index (κ3) is 4.63. The van der Waals surface area contributed by atoms with E-state index >= 15 is 0 Å². The van der Waals surface area contributed by atoms with Crippen LogP contribution in [0.4, 0.5) is 0 Å². The largest absolute Gasteiger partial charge is 0.507 e. The Balaban J connectivity index is 1.65. The predicted molar refractivity (Wildman–Crippen MR) is 108 cm³/mol. The van der Waals surface area contributed by atoms with E-state index in [4.69, 9.17) is 39.5 Å². The van der Waals surface area contributed by atoms with Crippen LogP contribution >= 0.6 is 34.8 Å². The van der Waals surface area contributed by atoms with Gasteiger partial charge in [0, 0.05) is 11.6 Å². The average molecular weight is 424 g/mol. The van der Waals surface area contributed by atoms with Crippen LogP contribution in [-0.2, 0) is 4.79 Å². The fourth-order valence-electron chi connectivity index (χ4n) is 2.38. The van der Waals surface area contributed by atoms with E-state index in [1.165, 1.54) is 18.3 Å². The van der Waals surface area contributed by atoms with Crippen LogP contribution in [0.1, 0.15) is 5.56 Å². The summed E-state index contributed by atoms with van der Waals surface area (Å²) in [6, 6.07) is 13.8. The molecule has 0 radical (unpaired) electrons. The Morgan fingerprint density at radius 3 is 2.63 bits per heavy atom. The molecule has 0 aromatic heterocycles. The van der Waals surface area contributed by atoms with Gasteiger partial charge in [-0.2, -0.15) is 5.10 Å². The molecule has 0 atom stereocenters. The van der Waals surface area contributed by atoms with Crippen molar-refractivity contribution in [1.82, 2.24) is 5.43 Å². The number of phenolic OH excluding ortho intramolecular Hbond substituents is 1. The number of nitrogens with one attached hydrogen (secondary N) is 1. The molecule has 0 bridgehead atoms. The number of aromatic hydroxyl groups is 1. The quantitative estimate of drug-likeness (QED) is 0.343. The lowest BCUT2D eigenvalue weighted by Crippen LogP contribution is -2.24. The maximum atomic E-state index is 11.9. The molecule has 0 saturated heterocycles. The van der Waals surface area contributed by atoms with Gasteiger partial charge in [-0.05, 0) is 22.9 Å². The summed E-state index contributed by atoms with van der Waals surface area (Å²) in [7, 11) is 0. The van der Waals surface area contributed by atoms with Crippen LogP contribution in [0.5, 0.6) is 11.5 Å². The summed E-state index contributed by atoms with van der Waals surface area (Å²) >= 11 is 17.7. The van der Waals surface area contributed by atoms with Gasteiger partial charge in [0.15, 0.2) is 6.61 Å². The molecular formula is C19H13Cl3N2O3. The molecule has 0 aliphatic carbocycles. The Morgan fingerprint density at radius 1 is 1.07 bits per heavy atom. The molecular weight excluding hydrogens is 411 g/mol. The number of fused-ring (bicyclic) bond motifs is 1. The number of hydrogen-bond donors (Lipinski definition) is 2. The topological polar surface area (TPSA) is 70.9 Å². The van der Waals surface area contributed by atoms with Gasteiger partial charge in [0.25, 0.3) is 5.91 Å². The van der Waals surface area contributed by atoms with E-state index in [1.54, 1.807) is 12.1 Å². The van der Waals surface area contributed by atoms with Crippen LogP contribution < -0.4 is 10.2 Å². The third-order valence-corrected chi connectivity index (χ3v) is 4.68. The van der Waals surface area contributed by atoms with Crippen LogP contribution in [0.3, 0.4) is 0 Å². The van der Waals surface area contributed by atoms with E-state index < -0.39 is 5.91 Å². The zero-order valence-corrected chi connectivity index (χ0v) is 16.0. The number of amides is 1. The number of hydrazone groups is 1. The molecule has 0 unspecified atom stereocenters. The lowest BCUT2D eigenvalue weighted by atomic mass is 10.0. The lowest BCUT2D eigenvalue weighted by Gasteiger charge is -2.08. The average Bonchev–Trinajstić information content (AvgIpc) is 2.65. The van der Waals surface area contributed by atoms with Gasteiger partial charge >= 0.3 is 0 Å². The molecule has 2 N–H and O–H groups in total. The fourth-order valence-corrected chi connectivity index (χ4v) is 2.97. The molecule has 5 nitrogen and oxygen atoms in total. The number of carbonyl (C=O) groups excluding carboxylic acids is 1. The fraction of sp³-hybridized carbons (Fsp3) is 0.0526. The molecule has 0 aliphatic heterocycles. The minimum Gasteiger partial charge on any atom is -0.507 e. The normalized spacial score (nSPS) is 11.1. The first-order chi connectivity index (χ1) is 13.0. The number of benzene rings is 3. The minimum absolute atomic E-state index is 0.0607. The van der Waals surface area contributed by atoms with Crippen molar-refractivity contribution in [3.63, 3.8) is 0 Å². The number of ether oxygens (including phenoxy) is 1. The Kier molecular flexibility index (Phi) is 6.06. The van der Waals surface area contributed by atoms with Crippen molar-refractivity contribution in [2.24, 2.45) is 5.10 Å². The van der Waals surface area contributed by atoms with Gasteiger partial charge in [-0.3, -0.25) is 4.79 Å². The van der Waals surface area contributed by atoms with E-state index in [1.807, 2.05) is 24.3 Å². The number of nitrogens with zero attached hydrogens (tertiary/aromatic N) is 1. The minimum atomic E-state index is -0.506. The smallest absolute Gasteiger partial charge is 0.277 e. The number of rotatable bonds is 5. The van der Waals surface area contributed by atoms with Gasteiger partial charge in [0.2, 0.25) is 0 Å². The van der Waals surface area contributed by atoms with Crippen molar-refractivity contribution in [3.05, 3.63) is 69.2 Å². The van der Waals surface area contributed by atoms with Crippen molar-refractivity contribution in [1.29, 1.82) is 0 Å². The van der Waals surface area contributed by atoms with E-state index in [9.17, 15) is 9.90 Å². The van der Waals surface area contributed by atoms with Crippen LogP contribution in [0.25, 0.3) is 10.8 Å². The summed E-state index contributed by atoms with van der Waals surface area (Å²) in [4.78, 5) is 11.9. The van der Waals surface area contributed by atoms with Gasteiger partial charge in [-0.15, -0.1) is 0 Å². The SMILES string of the molecule is O=C(COc1cc(Cl)c(Cl)cc1Cl)N/N=C\c1c(O)ccc2ccccc12. The number of carbonyl (C=O) groups is 1. The third-order valence-electron chi connectivity index (χ3n) is 3.66. The van der Waals surface area contributed by atoms with Gasteiger partial charge in [0.05, 0.1) is 21.3 Å². The second-order valence-electron chi connectivity index (χ2n) is 5.50. The van der Waals surface area contributed by atoms with Crippen molar-refractivity contribution < 1.29 is 14.6 Å². The van der Waals surface area contributed by atoms with Crippen LogP contribution in [-0.4, -0.2) is 23.8 Å². The molecule has 3 rings (SSSR count). The van der Waals surface area contributed by atoms with E-state index in [2.05, 4.69) is 10.5 Å². The molecule has 1 amide bonds. The molecule has 3 aromatic carbocycles. The predicted octanol–water partition coefficient (Wildman–Crippen LogP) is 5.03. The molecule has 0 heterocycles.